The summed E-state index contributed by atoms with van der Waals surface area (Å²) in [6.45, 7) is 3.75. The number of amides is 1. The van der Waals surface area contributed by atoms with Gasteiger partial charge in [0.1, 0.15) is 5.75 Å². The van der Waals surface area contributed by atoms with E-state index in [1.807, 2.05) is 19.9 Å². The molecule has 0 aliphatic heterocycles. The Morgan fingerprint density at radius 2 is 1.84 bits per heavy atom. The summed E-state index contributed by atoms with van der Waals surface area (Å²) in [6, 6.07) is 5.07. The maximum atomic E-state index is 12.1. The second-order valence-electron chi connectivity index (χ2n) is 4.29. The average molecular weight is 267 g/mol. The summed E-state index contributed by atoms with van der Waals surface area (Å²) in [4.78, 5) is 12.1. The van der Waals surface area contributed by atoms with E-state index in [-0.39, 0.29) is 11.9 Å². The summed E-state index contributed by atoms with van der Waals surface area (Å²) in [5.74, 6) is 0.500. The van der Waals surface area contributed by atoms with Crippen molar-refractivity contribution in [2.45, 2.75) is 26.2 Å². The predicted octanol–water partition coefficient (Wildman–Crippen LogP) is 1.74. The Morgan fingerprint density at radius 1 is 1.21 bits per heavy atom. The molecule has 0 aromatic heterocycles. The van der Waals surface area contributed by atoms with Crippen LogP contribution in [0.4, 0.5) is 0 Å². The fraction of sp³-hybridized carbons (Fsp3) is 0.500. The number of nitrogens with one attached hydrogen (secondary N) is 1. The van der Waals surface area contributed by atoms with Crippen molar-refractivity contribution < 1.29 is 19.0 Å². The Balaban J connectivity index is 2.78. The van der Waals surface area contributed by atoms with E-state index >= 15 is 0 Å². The van der Waals surface area contributed by atoms with E-state index in [2.05, 4.69) is 5.32 Å². The van der Waals surface area contributed by atoms with Gasteiger partial charge in [-0.3, -0.25) is 4.79 Å². The molecule has 0 spiro atoms. The van der Waals surface area contributed by atoms with Gasteiger partial charge >= 0.3 is 0 Å². The third kappa shape index (κ3) is 3.94. The summed E-state index contributed by atoms with van der Waals surface area (Å²) >= 11 is 0. The van der Waals surface area contributed by atoms with E-state index in [0.29, 0.717) is 11.3 Å². The lowest BCUT2D eigenvalue weighted by atomic mass is 10.1. The number of aryl methyl sites for hydroxylation is 1. The second-order valence-corrected chi connectivity index (χ2v) is 4.29. The summed E-state index contributed by atoms with van der Waals surface area (Å²) in [6.07, 6.45) is -0.476. The molecular formula is C14H21NO4. The van der Waals surface area contributed by atoms with E-state index in [1.54, 1.807) is 19.2 Å². The molecule has 1 amide bonds. The van der Waals surface area contributed by atoms with Gasteiger partial charge in [0.25, 0.3) is 5.91 Å². The van der Waals surface area contributed by atoms with Crippen molar-refractivity contribution in [2.75, 3.05) is 21.3 Å². The Labute approximate surface area is 113 Å². The molecule has 1 aromatic carbocycles. The Hall–Kier alpha value is -1.59. The van der Waals surface area contributed by atoms with Crippen LogP contribution in [0.25, 0.3) is 0 Å². The van der Waals surface area contributed by atoms with Crippen LogP contribution >= 0.6 is 0 Å². The first-order valence-corrected chi connectivity index (χ1v) is 6.04. The first-order chi connectivity index (χ1) is 9.03. The Bertz CT molecular complexity index is 429. The second kappa shape index (κ2) is 7.11. The predicted molar refractivity (Wildman–Crippen MR) is 72.5 cm³/mol. The Morgan fingerprint density at radius 3 is 2.37 bits per heavy atom. The van der Waals surface area contributed by atoms with Crippen LogP contribution < -0.4 is 10.1 Å². The molecule has 1 aromatic rings. The van der Waals surface area contributed by atoms with E-state index in [4.69, 9.17) is 14.2 Å². The van der Waals surface area contributed by atoms with Gasteiger partial charge in [-0.25, -0.2) is 0 Å². The van der Waals surface area contributed by atoms with Crippen LogP contribution in [-0.4, -0.2) is 39.6 Å². The molecule has 5 heteroatoms. The standard InChI is InChI=1S/C14H21NO4/c1-9-6-7-11(8-12(9)17-3)13(16)15-10(2)14(18-4)19-5/h6-8,10,14H,1-5H3,(H,15,16). The van der Waals surface area contributed by atoms with Crippen molar-refractivity contribution in [1.29, 1.82) is 0 Å². The van der Waals surface area contributed by atoms with Crippen LogP contribution in [0.5, 0.6) is 5.75 Å². The fourth-order valence-corrected chi connectivity index (χ4v) is 1.82. The molecule has 0 bridgehead atoms. The lowest BCUT2D eigenvalue weighted by Gasteiger charge is -2.22. The smallest absolute Gasteiger partial charge is 0.251 e. The molecular weight excluding hydrogens is 246 g/mol. The monoisotopic (exact) mass is 267 g/mol. The number of methoxy groups -OCH3 is 3. The quantitative estimate of drug-likeness (QED) is 0.798. The highest BCUT2D eigenvalue weighted by atomic mass is 16.7. The Kier molecular flexibility index (Phi) is 5.79. The zero-order valence-electron chi connectivity index (χ0n) is 12.0. The highest BCUT2D eigenvalue weighted by molar-refractivity contribution is 5.94. The van der Waals surface area contributed by atoms with Gasteiger partial charge in [-0.05, 0) is 31.5 Å². The number of hydrogen-bond acceptors (Lipinski definition) is 4. The molecule has 19 heavy (non-hydrogen) atoms. The minimum Gasteiger partial charge on any atom is -0.496 e. The molecule has 1 N–H and O–H groups in total. The summed E-state index contributed by atoms with van der Waals surface area (Å²) in [5, 5.41) is 2.82. The van der Waals surface area contributed by atoms with Gasteiger partial charge in [0.15, 0.2) is 6.29 Å². The normalized spacial score (nSPS) is 12.3. The van der Waals surface area contributed by atoms with Gasteiger partial charge in [0.2, 0.25) is 0 Å². The van der Waals surface area contributed by atoms with Crippen molar-refractivity contribution in [2.24, 2.45) is 0 Å². The number of ether oxygens (including phenoxy) is 3. The number of carbonyl (C=O) groups excluding carboxylic acids is 1. The van der Waals surface area contributed by atoms with Crippen molar-refractivity contribution in [3.8, 4) is 5.75 Å². The van der Waals surface area contributed by atoms with Gasteiger partial charge in [0.05, 0.1) is 13.2 Å². The SMILES string of the molecule is COc1cc(C(=O)NC(C)C(OC)OC)ccc1C. The highest BCUT2D eigenvalue weighted by Gasteiger charge is 2.19. The third-order valence-electron chi connectivity index (χ3n) is 2.90. The molecule has 0 fully saturated rings. The first kappa shape index (κ1) is 15.5. The zero-order chi connectivity index (χ0) is 14.4. The van der Waals surface area contributed by atoms with Gasteiger partial charge in [-0.2, -0.15) is 0 Å². The minimum atomic E-state index is -0.476. The molecule has 0 radical (unpaired) electrons. The number of hydrogen-bond donors (Lipinski definition) is 1. The fourth-order valence-electron chi connectivity index (χ4n) is 1.82. The van der Waals surface area contributed by atoms with E-state index < -0.39 is 6.29 Å². The van der Waals surface area contributed by atoms with Crippen molar-refractivity contribution in [3.63, 3.8) is 0 Å². The zero-order valence-corrected chi connectivity index (χ0v) is 12.0. The van der Waals surface area contributed by atoms with E-state index in [1.165, 1.54) is 14.2 Å². The molecule has 0 aliphatic rings. The first-order valence-electron chi connectivity index (χ1n) is 6.04. The average Bonchev–Trinajstić information content (AvgIpc) is 2.40. The minimum absolute atomic E-state index is 0.190. The van der Waals surface area contributed by atoms with E-state index in [0.717, 1.165) is 5.56 Å². The molecule has 1 atom stereocenters. The molecule has 0 saturated heterocycles. The van der Waals surface area contributed by atoms with Crippen LogP contribution in [0.2, 0.25) is 0 Å². The van der Waals surface area contributed by atoms with Crippen LogP contribution in [-0.2, 0) is 9.47 Å². The molecule has 0 heterocycles. The van der Waals surface area contributed by atoms with Crippen LogP contribution in [0.1, 0.15) is 22.8 Å². The summed E-state index contributed by atoms with van der Waals surface area (Å²) < 4.78 is 15.4. The molecule has 5 nitrogen and oxygen atoms in total. The van der Waals surface area contributed by atoms with Crippen molar-refractivity contribution in [1.82, 2.24) is 5.32 Å². The van der Waals surface area contributed by atoms with Gasteiger partial charge in [-0.1, -0.05) is 6.07 Å². The third-order valence-corrected chi connectivity index (χ3v) is 2.90. The number of benzene rings is 1. The van der Waals surface area contributed by atoms with Gasteiger partial charge < -0.3 is 19.5 Å². The molecule has 1 unspecified atom stereocenters. The molecule has 1 rings (SSSR count). The number of rotatable bonds is 6. The topological polar surface area (TPSA) is 56.8 Å². The van der Waals surface area contributed by atoms with Gasteiger partial charge in [-0.15, -0.1) is 0 Å². The lowest BCUT2D eigenvalue weighted by Crippen LogP contribution is -2.42. The summed E-state index contributed by atoms with van der Waals surface area (Å²) in [5.41, 5.74) is 1.53. The van der Waals surface area contributed by atoms with Gasteiger partial charge in [0, 0.05) is 19.8 Å². The summed E-state index contributed by atoms with van der Waals surface area (Å²) in [7, 11) is 4.65. The van der Waals surface area contributed by atoms with Crippen LogP contribution in [0, 0.1) is 6.92 Å². The maximum absolute atomic E-state index is 12.1. The molecule has 106 valence electrons. The molecule has 0 aliphatic carbocycles. The van der Waals surface area contributed by atoms with Crippen LogP contribution in [0.3, 0.4) is 0 Å². The largest absolute Gasteiger partial charge is 0.496 e. The van der Waals surface area contributed by atoms with E-state index in [9.17, 15) is 4.79 Å². The van der Waals surface area contributed by atoms with Crippen LogP contribution in [0.15, 0.2) is 18.2 Å². The van der Waals surface area contributed by atoms with Crippen molar-refractivity contribution in [3.05, 3.63) is 29.3 Å². The maximum Gasteiger partial charge on any atom is 0.251 e. The lowest BCUT2D eigenvalue weighted by molar-refractivity contribution is -0.117. The highest BCUT2D eigenvalue weighted by Crippen LogP contribution is 2.19. The molecule has 0 saturated carbocycles. The number of carbonyl (C=O) groups is 1. The van der Waals surface area contributed by atoms with Crippen molar-refractivity contribution >= 4 is 5.91 Å².